The van der Waals surface area contributed by atoms with Gasteiger partial charge in [0.15, 0.2) is 0 Å². The second-order valence-corrected chi connectivity index (χ2v) is 12.1. The van der Waals surface area contributed by atoms with Crippen molar-refractivity contribution in [3.63, 3.8) is 0 Å². The van der Waals surface area contributed by atoms with Crippen molar-refractivity contribution in [1.82, 2.24) is 19.8 Å². The van der Waals surface area contributed by atoms with Gasteiger partial charge in [0.1, 0.15) is 11.9 Å². The van der Waals surface area contributed by atoms with Crippen molar-refractivity contribution in [2.45, 2.75) is 63.3 Å². The first-order chi connectivity index (χ1) is 20.9. The summed E-state index contributed by atoms with van der Waals surface area (Å²) in [6.07, 6.45) is 6.72. The van der Waals surface area contributed by atoms with Crippen molar-refractivity contribution in [1.29, 1.82) is 5.26 Å². The van der Waals surface area contributed by atoms with Gasteiger partial charge in [0.2, 0.25) is 5.91 Å². The number of anilines is 2. The molecule has 0 spiro atoms. The van der Waals surface area contributed by atoms with Crippen molar-refractivity contribution in [2.75, 3.05) is 50.1 Å². The van der Waals surface area contributed by atoms with E-state index in [1.165, 1.54) is 29.0 Å². The molecular formula is C34H41N7O2. The number of fused-ring (bicyclic) bond motifs is 2. The van der Waals surface area contributed by atoms with Crippen LogP contribution in [0, 0.1) is 11.3 Å². The normalized spacial score (nSPS) is 22.3. The Morgan fingerprint density at radius 2 is 1.95 bits per heavy atom. The maximum atomic E-state index is 12.6. The largest absolute Gasteiger partial charge is 0.460 e. The van der Waals surface area contributed by atoms with E-state index >= 15 is 0 Å². The molecule has 1 amide bonds. The molecule has 1 saturated carbocycles. The highest BCUT2D eigenvalue weighted by atomic mass is 16.5. The van der Waals surface area contributed by atoms with Crippen LogP contribution in [0.15, 0.2) is 55.1 Å². The summed E-state index contributed by atoms with van der Waals surface area (Å²) < 4.78 is 6.57. The molecule has 9 nitrogen and oxygen atoms in total. The lowest BCUT2D eigenvalue weighted by Crippen LogP contribution is -2.55. The zero-order valence-corrected chi connectivity index (χ0v) is 25.3. The molecule has 2 fully saturated rings. The second-order valence-electron chi connectivity index (χ2n) is 12.1. The number of hydrogen-bond donors (Lipinski definition) is 0. The maximum Gasteiger partial charge on any atom is 0.318 e. The SMILES string of the molecule is C=CC(=O)N1CCN(c2nc(OC3CCCC(N(C)C)C3)nc3c2CCN(c2cccc4ccccc24)C3)CC1CC#N. The Balaban J connectivity index is 1.34. The van der Waals surface area contributed by atoms with E-state index in [1.54, 1.807) is 4.90 Å². The van der Waals surface area contributed by atoms with Crippen molar-refractivity contribution in [3.8, 4) is 12.1 Å². The fraction of sp³-hybridized carbons (Fsp3) is 0.471. The Morgan fingerprint density at radius 1 is 1.12 bits per heavy atom. The van der Waals surface area contributed by atoms with Gasteiger partial charge in [-0.1, -0.05) is 43.0 Å². The fourth-order valence-electron chi connectivity index (χ4n) is 6.97. The number of carbonyl (C=O) groups excluding carboxylic acids is 1. The molecule has 3 aromatic rings. The number of aromatic nitrogens is 2. The molecule has 3 heterocycles. The van der Waals surface area contributed by atoms with Crippen LogP contribution in [-0.2, 0) is 17.8 Å². The number of benzene rings is 2. The Hall–Kier alpha value is -4.16. The predicted molar refractivity (Wildman–Crippen MR) is 169 cm³/mol. The molecule has 3 atom stereocenters. The van der Waals surface area contributed by atoms with Gasteiger partial charge < -0.3 is 24.3 Å². The van der Waals surface area contributed by atoms with E-state index in [-0.39, 0.29) is 24.5 Å². The van der Waals surface area contributed by atoms with Crippen LogP contribution in [0.5, 0.6) is 6.01 Å². The number of hydrogen-bond acceptors (Lipinski definition) is 8. The van der Waals surface area contributed by atoms with Crippen LogP contribution in [0.4, 0.5) is 11.5 Å². The zero-order valence-electron chi connectivity index (χ0n) is 25.3. The Morgan fingerprint density at radius 3 is 2.77 bits per heavy atom. The number of amides is 1. The lowest BCUT2D eigenvalue weighted by molar-refractivity contribution is -0.128. The quantitative estimate of drug-likeness (QED) is 0.377. The third-order valence-electron chi connectivity index (χ3n) is 9.30. The van der Waals surface area contributed by atoms with Crippen LogP contribution in [0.1, 0.15) is 43.4 Å². The molecule has 3 unspecified atom stereocenters. The lowest BCUT2D eigenvalue weighted by Gasteiger charge is -2.42. The molecule has 224 valence electrons. The molecule has 3 aliphatic rings. The molecule has 43 heavy (non-hydrogen) atoms. The van der Waals surface area contributed by atoms with Gasteiger partial charge in [-0.05, 0) is 63.7 Å². The van der Waals surface area contributed by atoms with Gasteiger partial charge in [0.05, 0.1) is 30.8 Å². The molecule has 2 aliphatic heterocycles. The van der Waals surface area contributed by atoms with E-state index in [0.29, 0.717) is 38.2 Å². The smallest absolute Gasteiger partial charge is 0.318 e. The van der Waals surface area contributed by atoms with E-state index in [9.17, 15) is 10.1 Å². The van der Waals surface area contributed by atoms with Gasteiger partial charge >= 0.3 is 6.01 Å². The topological polar surface area (TPSA) is 88.8 Å². The lowest BCUT2D eigenvalue weighted by atomic mass is 9.92. The highest BCUT2D eigenvalue weighted by Gasteiger charge is 2.34. The van der Waals surface area contributed by atoms with Gasteiger partial charge in [0.25, 0.3) is 0 Å². The minimum absolute atomic E-state index is 0.0678. The van der Waals surface area contributed by atoms with Crippen molar-refractivity contribution >= 4 is 28.2 Å². The average Bonchev–Trinajstić information content (AvgIpc) is 3.03. The molecule has 0 N–H and O–H groups in total. The molecule has 2 aromatic carbocycles. The van der Waals surface area contributed by atoms with E-state index in [2.05, 4.69) is 83.9 Å². The summed E-state index contributed by atoms with van der Waals surface area (Å²) in [7, 11) is 4.27. The summed E-state index contributed by atoms with van der Waals surface area (Å²) in [5, 5.41) is 12.0. The van der Waals surface area contributed by atoms with Crippen LogP contribution in [0.3, 0.4) is 0 Å². The number of ether oxygens (including phenoxy) is 1. The van der Waals surface area contributed by atoms with E-state index in [1.807, 2.05) is 0 Å². The van der Waals surface area contributed by atoms with E-state index in [4.69, 9.17) is 14.7 Å². The molecule has 0 bridgehead atoms. The average molecular weight is 580 g/mol. The number of nitrogens with zero attached hydrogens (tertiary/aromatic N) is 7. The minimum Gasteiger partial charge on any atom is -0.460 e. The van der Waals surface area contributed by atoms with Crippen molar-refractivity contribution in [3.05, 3.63) is 66.4 Å². The third-order valence-corrected chi connectivity index (χ3v) is 9.30. The van der Waals surface area contributed by atoms with Crippen LogP contribution < -0.4 is 14.5 Å². The first-order valence-electron chi connectivity index (χ1n) is 15.5. The minimum atomic E-state index is -0.228. The third kappa shape index (κ3) is 6.02. The summed E-state index contributed by atoms with van der Waals surface area (Å²) in [6.45, 7) is 6.86. The van der Waals surface area contributed by atoms with Gasteiger partial charge in [-0.2, -0.15) is 15.2 Å². The first kappa shape index (κ1) is 28.9. The molecule has 1 saturated heterocycles. The van der Waals surface area contributed by atoms with Crippen molar-refractivity contribution in [2.24, 2.45) is 0 Å². The van der Waals surface area contributed by atoms with Crippen LogP contribution in [0.2, 0.25) is 0 Å². The van der Waals surface area contributed by atoms with Crippen molar-refractivity contribution < 1.29 is 9.53 Å². The zero-order chi connectivity index (χ0) is 29.9. The predicted octanol–water partition coefficient (Wildman–Crippen LogP) is 4.56. The maximum absolute atomic E-state index is 12.6. The number of rotatable bonds is 7. The molecular weight excluding hydrogens is 538 g/mol. The summed E-state index contributed by atoms with van der Waals surface area (Å²) >= 11 is 0. The second kappa shape index (κ2) is 12.6. The number of nitriles is 1. The van der Waals surface area contributed by atoms with Crippen LogP contribution in [-0.4, -0.2) is 84.1 Å². The molecule has 6 rings (SSSR count). The highest BCUT2D eigenvalue weighted by Crippen LogP contribution is 2.35. The molecule has 1 aliphatic carbocycles. The number of piperazine rings is 1. The van der Waals surface area contributed by atoms with Gasteiger partial charge in [0, 0.05) is 48.9 Å². The summed E-state index contributed by atoms with van der Waals surface area (Å²) in [4.78, 5) is 31.4. The van der Waals surface area contributed by atoms with Gasteiger partial charge in [-0.25, -0.2) is 0 Å². The monoisotopic (exact) mass is 579 g/mol. The van der Waals surface area contributed by atoms with Crippen LogP contribution in [0.25, 0.3) is 10.8 Å². The summed E-state index contributed by atoms with van der Waals surface area (Å²) in [6, 6.07) is 17.9. The standard InChI is InChI=1S/C34H41N7O2/c1-4-32(42)41-20-19-40(22-26(41)15-17-35)33-29-16-18-39(31-14-7-10-24-9-5-6-13-28(24)31)23-30(29)36-34(37-33)43-27-12-8-11-25(21-27)38(2)3/h4-7,9-10,13-14,25-27H,1,8,11-12,15-16,18-23H2,2-3H3. The molecule has 1 aromatic heterocycles. The summed E-state index contributed by atoms with van der Waals surface area (Å²) in [5.74, 6) is 0.748. The summed E-state index contributed by atoms with van der Waals surface area (Å²) in [5.41, 5.74) is 3.33. The Bertz CT molecular complexity index is 1530. The number of carbonyl (C=O) groups is 1. The molecule has 0 radical (unpaired) electrons. The van der Waals surface area contributed by atoms with E-state index in [0.717, 1.165) is 49.3 Å². The van der Waals surface area contributed by atoms with Gasteiger partial charge in [-0.3, -0.25) is 4.79 Å². The van der Waals surface area contributed by atoms with Crippen LogP contribution >= 0.6 is 0 Å². The first-order valence-corrected chi connectivity index (χ1v) is 15.5. The van der Waals surface area contributed by atoms with Gasteiger partial charge in [-0.15, -0.1) is 0 Å². The highest BCUT2D eigenvalue weighted by molar-refractivity contribution is 5.94. The molecule has 9 heteroatoms. The van der Waals surface area contributed by atoms with E-state index < -0.39 is 0 Å². The Labute approximate surface area is 254 Å². The fourth-order valence-corrected chi connectivity index (χ4v) is 6.97. The Kier molecular flexibility index (Phi) is 8.48.